The minimum atomic E-state index is -1.13. The van der Waals surface area contributed by atoms with Crippen LogP contribution in [0.25, 0.3) is 0 Å². The summed E-state index contributed by atoms with van der Waals surface area (Å²) in [7, 11) is 0. The zero-order valence-electron chi connectivity index (χ0n) is 7.97. The van der Waals surface area contributed by atoms with E-state index in [1.54, 1.807) is 0 Å². The highest BCUT2D eigenvalue weighted by molar-refractivity contribution is 7.14. The number of carbonyl (C=O) groups excluding carboxylic acids is 2. The molecule has 2 rings (SSSR count). The molecule has 2 N–H and O–H groups in total. The molecule has 0 saturated carbocycles. The number of hydrogen-bond donors (Lipinski definition) is 2. The van der Waals surface area contributed by atoms with Gasteiger partial charge in [0, 0.05) is 5.38 Å². The molecule has 7 nitrogen and oxygen atoms in total. The molecule has 0 unspecified atom stereocenters. The molecule has 0 atom stereocenters. The van der Waals surface area contributed by atoms with Gasteiger partial charge in [0.05, 0.1) is 0 Å². The fourth-order valence-corrected chi connectivity index (χ4v) is 2.08. The van der Waals surface area contributed by atoms with E-state index in [0.717, 1.165) is 11.3 Å². The Bertz CT molecular complexity index is 454. The van der Waals surface area contributed by atoms with Gasteiger partial charge in [-0.25, -0.2) is 9.78 Å². The first-order valence-electron chi connectivity index (χ1n) is 4.32. The maximum absolute atomic E-state index is 11.1. The Morgan fingerprint density at radius 3 is 2.56 bits per heavy atom. The number of amides is 2. The van der Waals surface area contributed by atoms with E-state index in [1.807, 2.05) is 0 Å². The number of hydrogen-bond acceptors (Lipinski definition) is 6. The third-order valence-electron chi connectivity index (χ3n) is 1.93. The first kappa shape index (κ1) is 10.6. The molecule has 1 fully saturated rings. The summed E-state index contributed by atoms with van der Waals surface area (Å²) in [6, 6.07) is 0. The molecule has 0 spiro atoms. The number of piperazine rings is 1. The van der Waals surface area contributed by atoms with Gasteiger partial charge in [0.2, 0.25) is 11.8 Å². The van der Waals surface area contributed by atoms with Gasteiger partial charge in [0.25, 0.3) is 0 Å². The Labute approximate surface area is 93.7 Å². The molecule has 2 amide bonds. The maximum Gasteiger partial charge on any atom is 0.355 e. The monoisotopic (exact) mass is 241 g/mol. The third-order valence-corrected chi connectivity index (χ3v) is 2.83. The smallest absolute Gasteiger partial charge is 0.355 e. The number of carboxylic acids is 1. The Morgan fingerprint density at radius 2 is 2.06 bits per heavy atom. The minimum absolute atomic E-state index is 0.0122. The van der Waals surface area contributed by atoms with Gasteiger partial charge < -0.3 is 10.0 Å². The van der Waals surface area contributed by atoms with Crippen LogP contribution in [0.4, 0.5) is 5.13 Å². The Morgan fingerprint density at radius 1 is 1.44 bits per heavy atom. The summed E-state index contributed by atoms with van der Waals surface area (Å²) in [5, 5.41) is 12.6. The highest BCUT2D eigenvalue weighted by Gasteiger charge is 2.25. The number of aromatic nitrogens is 1. The fourth-order valence-electron chi connectivity index (χ4n) is 1.28. The number of nitrogens with one attached hydrogen (secondary N) is 1. The second-order valence-corrected chi connectivity index (χ2v) is 3.98. The molecule has 1 saturated heterocycles. The number of rotatable bonds is 2. The second kappa shape index (κ2) is 3.89. The van der Waals surface area contributed by atoms with Gasteiger partial charge in [0.1, 0.15) is 13.1 Å². The van der Waals surface area contributed by atoms with Crippen molar-refractivity contribution in [2.75, 3.05) is 18.0 Å². The molecular formula is C8H7N3O4S. The van der Waals surface area contributed by atoms with Crippen LogP contribution in [0, 0.1) is 0 Å². The minimum Gasteiger partial charge on any atom is -0.476 e. The van der Waals surface area contributed by atoms with Gasteiger partial charge >= 0.3 is 5.97 Å². The average molecular weight is 241 g/mol. The van der Waals surface area contributed by atoms with E-state index in [4.69, 9.17) is 5.11 Å². The lowest BCUT2D eigenvalue weighted by atomic mass is 10.4. The fraction of sp³-hybridized carbons (Fsp3) is 0.250. The van der Waals surface area contributed by atoms with Crippen molar-refractivity contribution in [2.24, 2.45) is 0 Å². The van der Waals surface area contributed by atoms with Gasteiger partial charge in [-0.2, -0.15) is 0 Å². The van der Waals surface area contributed by atoms with Crippen LogP contribution in [-0.4, -0.2) is 41.0 Å². The summed E-state index contributed by atoms with van der Waals surface area (Å²) in [6.07, 6.45) is 0. The Kier molecular flexibility index (Phi) is 2.57. The summed E-state index contributed by atoms with van der Waals surface area (Å²) in [5.41, 5.74) is -0.0848. The summed E-state index contributed by atoms with van der Waals surface area (Å²) in [6.45, 7) is 0.0244. The van der Waals surface area contributed by atoms with Crippen molar-refractivity contribution < 1.29 is 19.5 Å². The number of nitrogens with zero attached hydrogens (tertiary/aromatic N) is 2. The van der Waals surface area contributed by atoms with Crippen LogP contribution in [0.1, 0.15) is 10.5 Å². The summed E-state index contributed by atoms with van der Waals surface area (Å²) < 4.78 is 0. The average Bonchev–Trinajstić information content (AvgIpc) is 2.64. The van der Waals surface area contributed by atoms with Crippen LogP contribution in [-0.2, 0) is 9.59 Å². The van der Waals surface area contributed by atoms with E-state index in [-0.39, 0.29) is 18.8 Å². The highest BCUT2D eigenvalue weighted by atomic mass is 32.1. The van der Waals surface area contributed by atoms with E-state index in [1.165, 1.54) is 10.3 Å². The van der Waals surface area contributed by atoms with Crippen molar-refractivity contribution >= 4 is 34.3 Å². The molecule has 2 heterocycles. The Balaban J connectivity index is 2.19. The van der Waals surface area contributed by atoms with Crippen LogP contribution in [0.15, 0.2) is 5.38 Å². The maximum atomic E-state index is 11.1. The largest absolute Gasteiger partial charge is 0.476 e. The van der Waals surface area contributed by atoms with E-state index >= 15 is 0 Å². The number of anilines is 1. The van der Waals surface area contributed by atoms with E-state index < -0.39 is 17.8 Å². The highest BCUT2D eigenvalue weighted by Crippen LogP contribution is 2.20. The van der Waals surface area contributed by atoms with Gasteiger partial charge in [-0.05, 0) is 0 Å². The first-order chi connectivity index (χ1) is 7.56. The lowest BCUT2D eigenvalue weighted by molar-refractivity contribution is -0.130. The molecule has 0 aliphatic carbocycles. The number of thiazole rings is 1. The quantitative estimate of drug-likeness (QED) is 0.664. The van der Waals surface area contributed by atoms with Gasteiger partial charge in [-0.1, -0.05) is 0 Å². The van der Waals surface area contributed by atoms with E-state index in [2.05, 4.69) is 10.3 Å². The van der Waals surface area contributed by atoms with Gasteiger partial charge in [0.15, 0.2) is 10.8 Å². The zero-order valence-corrected chi connectivity index (χ0v) is 8.78. The molecule has 1 aromatic rings. The standard InChI is InChI=1S/C8H7N3O4S/c12-5-1-11(2-6(13)10-5)8-9-4(3-16-8)7(14)15/h3H,1-2H2,(H,14,15)(H,10,12,13). The Hall–Kier alpha value is -1.96. The lowest BCUT2D eigenvalue weighted by Gasteiger charge is -2.24. The summed E-state index contributed by atoms with van der Waals surface area (Å²) >= 11 is 1.09. The van der Waals surface area contributed by atoms with Crippen molar-refractivity contribution in [1.82, 2.24) is 10.3 Å². The van der Waals surface area contributed by atoms with E-state index in [0.29, 0.717) is 5.13 Å². The van der Waals surface area contributed by atoms with Gasteiger partial charge in [-0.15, -0.1) is 11.3 Å². The van der Waals surface area contributed by atoms with Crippen LogP contribution >= 0.6 is 11.3 Å². The summed E-state index contributed by atoms with van der Waals surface area (Å²) in [5.74, 6) is -1.96. The van der Waals surface area contributed by atoms with E-state index in [9.17, 15) is 14.4 Å². The van der Waals surface area contributed by atoms with Crippen molar-refractivity contribution in [1.29, 1.82) is 0 Å². The van der Waals surface area contributed by atoms with Crippen LogP contribution in [0.5, 0.6) is 0 Å². The molecule has 1 aromatic heterocycles. The zero-order chi connectivity index (χ0) is 11.7. The summed E-state index contributed by atoms with van der Waals surface area (Å²) in [4.78, 5) is 38.0. The molecule has 16 heavy (non-hydrogen) atoms. The normalized spacial score (nSPS) is 16.1. The molecule has 8 heteroatoms. The number of aromatic carboxylic acids is 1. The van der Waals surface area contributed by atoms with Crippen molar-refractivity contribution in [3.8, 4) is 0 Å². The topological polar surface area (TPSA) is 99.6 Å². The molecule has 0 radical (unpaired) electrons. The second-order valence-electron chi connectivity index (χ2n) is 3.15. The molecular weight excluding hydrogens is 234 g/mol. The van der Waals surface area contributed by atoms with Crippen molar-refractivity contribution in [3.63, 3.8) is 0 Å². The van der Waals surface area contributed by atoms with Crippen LogP contribution < -0.4 is 10.2 Å². The first-order valence-corrected chi connectivity index (χ1v) is 5.20. The molecule has 1 aliphatic rings. The number of carboxylic acid groups (broad SMARTS) is 1. The SMILES string of the molecule is O=C1CN(c2nc(C(=O)O)cs2)CC(=O)N1. The predicted molar refractivity (Wildman–Crippen MR) is 54.4 cm³/mol. The number of imide groups is 1. The number of carbonyl (C=O) groups is 3. The molecule has 0 aromatic carbocycles. The van der Waals surface area contributed by atoms with Crippen molar-refractivity contribution in [2.45, 2.75) is 0 Å². The van der Waals surface area contributed by atoms with Crippen LogP contribution in [0.2, 0.25) is 0 Å². The molecule has 1 aliphatic heterocycles. The van der Waals surface area contributed by atoms with Gasteiger partial charge in [-0.3, -0.25) is 14.9 Å². The predicted octanol–water partition coefficient (Wildman–Crippen LogP) is -0.696. The third kappa shape index (κ3) is 2.01. The van der Waals surface area contributed by atoms with Crippen LogP contribution in [0.3, 0.4) is 0 Å². The molecule has 84 valence electrons. The molecule has 0 bridgehead atoms. The lowest BCUT2D eigenvalue weighted by Crippen LogP contribution is -2.51. The van der Waals surface area contributed by atoms with Crippen molar-refractivity contribution in [3.05, 3.63) is 11.1 Å².